The number of hydrogen-bond acceptors (Lipinski definition) is 6. The Balaban J connectivity index is 1.70. The number of pyridine rings is 1. The van der Waals surface area contributed by atoms with Gasteiger partial charge in [0.05, 0.1) is 11.4 Å². The zero-order valence-electron chi connectivity index (χ0n) is 19.1. The largest absolute Gasteiger partial charge is 0.368 e. The smallest absolute Gasteiger partial charge is 0.240 e. The van der Waals surface area contributed by atoms with E-state index in [-0.39, 0.29) is 18.2 Å². The summed E-state index contributed by atoms with van der Waals surface area (Å²) in [4.78, 5) is 48.2. The van der Waals surface area contributed by atoms with Gasteiger partial charge in [-0.2, -0.15) is 0 Å². The van der Waals surface area contributed by atoms with Gasteiger partial charge in [-0.1, -0.05) is 36.4 Å². The Kier molecular flexibility index (Phi) is 9.28. The Bertz CT molecular complexity index is 1060. The number of anilines is 1. The highest BCUT2D eigenvalue weighted by atomic mass is 32.1. The minimum absolute atomic E-state index is 0.0105. The average Bonchev–Trinajstić information content (AvgIpc) is 3.37. The maximum atomic E-state index is 13.6. The summed E-state index contributed by atoms with van der Waals surface area (Å²) >= 11 is 1.31. The standard InChI is InChI=1S/C25H29N5O3S/c1-18(24(26)32)30(22-16-34-17-29-22)25(33)20(14-19-8-3-2-4-9-19)15-23(31)28-13-7-11-21-10-5-6-12-27-21/h2-6,8-10,12,16-18,20H,7,11,13-15H2,1H3,(H2,26,32)(H,28,31)/t18-,20?/m1/s1. The van der Waals surface area contributed by atoms with Crippen LogP contribution in [-0.2, 0) is 27.2 Å². The van der Waals surface area contributed by atoms with Gasteiger partial charge in [0, 0.05) is 30.2 Å². The van der Waals surface area contributed by atoms with Crippen molar-refractivity contribution in [3.05, 3.63) is 76.9 Å². The number of thiazole rings is 1. The number of aromatic nitrogens is 2. The second-order valence-electron chi connectivity index (χ2n) is 8.00. The lowest BCUT2D eigenvalue weighted by Crippen LogP contribution is -2.50. The first-order valence-corrected chi connectivity index (χ1v) is 12.1. The molecule has 3 aromatic rings. The fraction of sp³-hybridized carbons (Fsp3) is 0.320. The molecule has 0 aliphatic rings. The predicted octanol–water partition coefficient (Wildman–Crippen LogP) is 2.74. The number of nitrogens with zero attached hydrogens (tertiary/aromatic N) is 3. The molecule has 0 radical (unpaired) electrons. The summed E-state index contributed by atoms with van der Waals surface area (Å²) in [6.45, 7) is 2.05. The molecule has 1 aromatic carbocycles. The number of hydrogen-bond donors (Lipinski definition) is 2. The molecule has 0 bridgehead atoms. The molecule has 0 saturated heterocycles. The lowest BCUT2D eigenvalue weighted by molar-refractivity contribution is -0.130. The van der Waals surface area contributed by atoms with Crippen molar-refractivity contribution in [1.29, 1.82) is 0 Å². The van der Waals surface area contributed by atoms with Crippen molar-refractivity contribution in [2.75, 3.05) is 11.4 Å². The molecule has 9 heteroatoms. The first-order valence-electron chi connectivity index (χ1n) is 11.2. The number of nitrogens with two attached hydrogens (primary N) is 1. The molecule has 0 spiro atoms. The third-order valence-corrected chi connectivity index (χ3v) is 6.04. The summed E-state index contributed by atoms with van der Waals surface area (Å²) in [6.07, 6.45) is 3.58. The molecule has 178 valence electrons. The predicted molar refractivity (Wildman–Crippen MR) is 132 cm³/mol. The van der Waals surface area contributed by atoms with Gasteiger partial charge in [0.15, 0.2) is 0 Å². The van der Waals surface area contributed by atoms with Crippen molar-refractivity contribution in [2.45, 2.75) is 38.6 Å². The van der Waals surface area contributed by atoms with E-state index in [1.54, 1.807) is 24.0 Å². The average molecular weight is 480 g/mol. The van der Waals surface area contributed by atoms with Crippen LogP contribution >= 0.6 is 11.3 Å². The van der Waals surface area contributed by atoms with Crippen molar-refractivity contribution in [3.63, 3.8) is 0 Å². The number of benzene rings is 1. The first-order chi connectivity index (χ1) is 16.5. The van der Waals surface area contributed by atoms with E-state index in [0.717, 1.165) is 24.1 Å². The van der Waals surface area contributed by atoms with Gasteiger partial charge in [-0.25, -0.2) is 4.98 Å². The highest BCUT2D eigenvalue weighted by Gasteiger charge is 2.33. The summed E-state index contributed by atoms with van der Waals surface area (Å²) < 4.78 is 0. The van der Waals surface area contributed by atoms with Gasteiger partial charge < -0.3 is 11.1 Å². The third kappa shape index (κ3) is 7.21. The fourth-order valence-electron chi connectivity index (χ4n) is 3.64. The SMILES string of the molecule is C[C@H](C(N)=O)N(C(=O)C(CC(=O)NCCCc1ccccn1)Cc1ccccc1)c1cscn1. The summed E-state index contributed by atoms with van der Waals surface area (Å²) in [5.41, 5.74) is 9.00. The molecule has 8 nitrogen and oxygen atoms in total. The van der Waals surface area contributed by atoms with Crippen LogP contribution in [-0.4, -0.2) is 40.3 Å². The monoisotopic (exact) mass is 479 g/mol. The highest BCUT2D eigenvalue weighted by molar-refractivity contribution is 7.07. The van der Waals surface area contributed by atoms with E-state index in [9.17, 15) is 14.4 Å². The molecule has 2 atom stereocenters. The van der Waals surface area contributed by atoms with Crippen LogP contribution in [0, 0.1) is 5.92 Å². The van der Waals surface area contributed by atoms with E-state index in [0.29, 0.717) is 18.8 Å². The van der Waals surface area contributed by atoms with Crippen molar-refractivity contribution in [1.82, 2.24) is 15.3 Å². The lowest BCUT2D eigenvalue weighted by atomic mass is 9.93. The van der Waals surface area contributed by atoms with Crippen LogP contribution < -0.4 is 16.0 Å². The molecule has 3 rings (SSSR count). The van der Waals surface area contributed by atoms with Crippen LogP contribution in [0.25, 0.3) is 0 Å². The summed E-state index contributed by atoms with van der Waals surface area (Å²) in [5.74, 6) is -1.54. The number of carbonyl (C=O) groups is 3. The number of primary amides is 1. The van der Waals surface area contributed by atoms with Crippen molar-refractivity contribution < 1.29 is 14.4 Å². The van der Waals surface area contributed by atoms with Crippen LogP contribution in [0.5, 0.6) is 0 Å². The van der Waals surface area contributed by atoms with Crippen molar-refractivity contribution in [3.8, 4) is 0 Å². The van der Waals surface area contributed by atoms with Crippen LogP contribution in [0.4, 0.5) is 5.82 Å². The minimum atomic E-state index is -0.894. The van der Waals surface area contributed by atoms with Gasteiger partial charge in [0.1, 0.15) is 11.9 Å². The van der Waals surface area contributed by atoms with E-state index >= 15 is 0 Å². The molecule has 0 aliphatic heterocycles. The van der Waals surface area contributed by atoms with Gasteiger partial charge in [-0.3, -0.25) is 24.3 Å². The van der Waals surface area contributed by atoms with E-state index in [4.69, 9.17) is 5.73 Å². The Labute approximate surface area is 203 Å². The molecule has 0 fully saturated rings. The summed E-state index contributed by atoms with van der Waals surface area (Å²) in [6, 6.07) is 14.3. The fourth-order valence-corrected chi connectivity index (χ4v) is 4.16. The zero-order chi connectivity index (χ0) is 24.3. The van der Waals surface area contributed by atoms with Crippen LogP contribution in [0.1, 0.15) is 31.0 Å². The molecule has 3 N–H and O–H groups in total. The molecule has 0 aliphatic carbocycles. The third-order valence-electron chi connectivity index (χ3n) is 5.47. The Morgan fingerprint density at radius 2 is 1.85 bits per heavy atom. The van der Waals surface area contributed by atoms with Crippen molar-refractivity contribution >= 4 is 34.9 Å². The molecular formula is C25H29N5O3S. The second kappa shape index (κ2) is 12.6. The second-order valence-corrected chi connectivity index (χ2v) is 8.72. The molecule has 34 heavy (non-hydrogen) atoms. The highest BCUT2D eigenvalue weighted by Crippen LogP contribution is 2.23. The molecule has 2 aromatic heterocycles. The van der Waals surface area contributed by atoms with Crippen LogP contribution in [0.2, 0.25) is 0 Å². The van der Waals surface area contributed by atoms with Gasteiger partial charge >= 0.3 is 0 Å². The zero-order valence-corrected chi connectivity index (χ0v) is 19.9. The van der Waals surface area contributed by atoms with E-state index < -0.39 is 17.9 Å². The normalized spacial score (nSPS) is 12.5. The van der Waals surface area contributed by atoms with Crippen molar-refractivity contribution in [2.24, 2.45) is 11.7 Å². The summed E-state index contributed by atoms with van der Waals surface area (Å²) in [5, 5.41) is 4.60. The number of nitrogens with one attached hydrogen (secondary N) is 1. The molecular weight excluding hydrogens is 450 g/mol. The van der Waals surface area contributed by atoms with Gasteiger partial charge in [0.25, 0.3) is 0 Å². The van der Waals surface area contributed by atoms with Gasteiger partial charge in [-0.15, -0.1) is 11.3 Å². The van der Waals surface area contributed by atoms with Crippen LogP contribution in [0.15, 0.2) is 65.6 Å². The number of rotatable bonds is 12. The first kappa shape index (κ1) is 25.0. The molecule has 0 saturated carbocycles. The Morgan fingerprint density at radius 1 is 1.09 bits per heavy atom. The van der Waals surface area contributed by atoms with Gasteiger partial charge in [0.2, 0.25) is 17.7 Å². The molecule has 3 amide bonds. The lowest BCUT2D eigenvalue weighted by Gasteiger charge is -2.29. The Morgan fingerprint density at radius 3 is 2.50 bits per heavy atom. The number of carbonyl (C=O) groups excluding carboxylic acids is 3. The summed E-state index contributed by atoms with van der Waals surface area (Å²) in [7, 11) is 0. The van der Waals surface area contributed by atoms with E-state index in [2.05, 4.69) is 15.3 Å². The van der Waals surface area contributed by atoms with E-state index in [1.165, 1.54) is 16.2 Å². The number of aryl methyl sites for hydroxylation is 1. The maximum absolute atomic E-state index is 13.6. The topological polar surface area (TPSA) is 118 Å². The number of amides is 3. The van der Waals surface area contributed by atoms with Crippen LogP contribution in [0.3, 0.4) is 0 Å². The minimum Gasteiger partial charge on any atom is -0.368 e. The molecule has 2 heterocycles. The Hall–Kier alpha value is -3.59. The maximum Gasteiger partial charge on any atom is 0.240 e. The molecule has 1 unspecified atom stereocenters. The quantitative estimate of drug-likeness (QED) is 0.387. The van der Waals surface area contributed by atoms with Gasteiger partial charge in [-0.05, 0) is 43.9 Å². The van der Waals surface area contributed by atoms with E-state index in [1.807, 2.05) is 48.5 Å².